The maximum Gasteiger partial charge on any atom is 0.272 e. The fraction of sp³-hybridized carbons (Fsp3) is 0.533. The van der Waals surface area contributed by atoms with E-state index in [1.807, 2.05) is 17.8 Å². The topological polar surface area (TPSA) is 84.8 Å². The molecule has 7 heteroatoms. The summed E-state index contributed by atoms with van der Waals surface area (Å²) in [5.41, 5.74) is 2.31. The maximum atomic E-state index is 12.6. The van der Waals surface area contributed by atoms with Crippen LogP contribution < -0.4 is 5.32 Å². The largest absolute Gasteiger partial charge is 0.376 e. The first kappa shape index (κ1) is 14.8. The quantitative estimate of drug-likeness (QED) is 0.876. The lowest BCUT2D eigenvalue weighted by molar-refractivity contribution is 0.0905. The van der Waals surface area contributed by atoms with Crippen molar-refractivity contribution >= 4 is 5.91 Å². The van der Waals surface area contributed by atoms with Crippen LogP contribution in [0.4, 0.5) is 0 Å². The molecular weight excluding hydrogens is 282 g/mol. The summed E-state index contributed by atoms with van der Waals surface area (Å²) in [6.45, 7) is 3.20. The number of nitrogens with zero attached hydrogens (tertiary/aromatic N) is 3. The summed E-state index contributed by atoms with van der Waals surface area (Å²) in [7, 11) is 1.93. The summed E-state index contributed by atoms with van der Waals surface area (Å²) in [6, 6.07) is -0.116. The second-order valence-corrected chi connectivity index (χ2v) is 5.54. The molecule has 0 saturated heterocycles. The minimum Gasteiger partial charge on any atom is -0.376 e. The zero-order chi connectivity index (χ0) is 15.5. The van der Waals surface area contributed by atoms with Crippen LogP contribution in [-0.2, 0) is 24.8 Å². The first-order valence-corrected chi connectivity index (χ1v) is 7.62. The predicted octanol–water partition coefficient (Wildman–Crippen LogP) is 1.49. The molecule has 3 rings (SSSR count). The van der Waals surface area contributed by atoms with Crippen molar-refractivity contribution in [2.45, 2.75) is 38.8 Å². The molecule has 22 heavy (non-hydrogen) atoms. The third-order valence-corrected chi connectivity index (χ3v) is 3.96. The lowest BCUT2D eigenvalue weighted by Crippen LogP contribution is -2.31. The number of aryl methyl sites for hydroxylation is 1. The highest BCUT2D eigenvalue weighted by Gasteiger charge is 2.25. The van der Waals surface area contributed by atoms with Crippen molar-refractivity contribution in [1.82, 2.24) is 25.1 Å². The van der Waals surface area contributed by atoms with Crippen LogP contribution in [-0.4, -0.2) is 32.3 Å². The van der Waals surface area contributed by atoms with Gasteiger partial charge in [-0.3, -0.25) is 9.89 Å². The Kier molecular flexibility index (Phi) is 4.24. The molecule has 118 valence electrons. The second-order valence-electron chi connectivity index (χ2n) is 5.54. The lowest BCUT2D eigenvalue weighted by atomic mass is 10.1. The first-order valence-electron chi connectivity index (χ1n) is 7.62. The summed E-state index contributed by atoms with van der Waals surface area (Å²) >= 11 is 0. The molecule has 0 aliphatic carbocycles. The molecule has 0 spiro atoms. The van der Waals surface area contributed by atoms with E-state index in [4.69, 9.17) is 4.74 Å². The molecule has 1 amide bonds. The Labute approximate surface area is 129 Å². The number of ether oxygens (including phenoxy) is 1. The number of rotatable bonds is 5. The van der Waals surface area contributed by atoms with Gasteiger partial charge < -0.3 is 14.6 Å². The van der Waals surface area contributed by atoms with Crippen LogP contribution in [0.25, 0.3) is 0 Å². The smallest absolute Gasteiger partial charge is 0.272 e. The van der Waals surface area contributed by atoms with Gasteiger partial charge in [-0.2, -0.15) is 5.10 Å². The molecule has 0 bridgehead atoms. The number of H-pyrrole nitrogens is 1. The highest BCUT2D eigenvalue weighted by Crippen LogP contribution is 2.21. The number of hydrogen-bond donors (Lipinski definition) is 2. The van der Waals surface area contributed by atoms with Crippen molar-refractivity contribution in [3.8, 4) is 0 Å². The normalized spacial score (nSPS) is 15.4. The van der Waals surface area contributed by atoms with Gasteiger partial charge in [-0.15, -0.1) is 0 Å². The van der Waals surface area contributed by atoms with Crippen LogP contribution in [0, 0.1) is 0 Å². The number of carbonyl (C=O) groups is 1. The molecule has 2 N–H and O–H groups in total. The maximum absolute atomic E-state index is 12.6. The molecule has 7 nitrogen and oxygen atoms in total. The van der Waals surface area contributed by atoms with E-state index in [1.165, 1.54) is 0 Å². The standard InChI is InChI=1S/C15H21N5O2/c1-3-4-12(14-16-6-7-20(14)2)17-15(21)13-10-9-22-8-5-11(10)18-19-13/h6-7,12H,3-5,8-9H2,1-2H3,(H,17,21)(H,18,19)/t12-/m0/s1. The molecule has 0 aromatic carbocycles. The molecule has 1 aliphatic rings. The molecule has 0 saturated carbocycles. The number of fused-ring (bicyclic) bond motifs is 1. The van der Waals surface area contributed by atoms with Crippen molar-refractivity contribution in [1.29, 1.82) is 0 Å². The van der Waals surface area contributed by atoms with E-state index in [1.54, 1.807) is 6.20 Å². The fourth-order valence-corrected chi connectivity index (χ4v) is 2.79. The van der Waals surface area contributed by atoms with Gasteiger partial charge in [-0.1, -0.05) is 13.3 Å². The van der Waals surface area contributed by atoms with Crippen LogP contribution in [0.15, 0.2) is 12.4 Å². The Bertz CT molecular complexity index is 661. The zero-order valence-corrected chi connectivity index (χ0v) is 12.9. The molecule has 2 aromatic rings. The Balaban J connectivity index is 1.80. The Hall–Kier alpha value is -2.15. The van der Waals surface area contributed by atoms with Gasteiger partial charge in [0.2, 0.25) is 0 Å². The van der Waals surface area contributed by atoms with Crippen LogP contribution in [0.1, 0.15) is 53.4 Å². The van der Waals surface area contributed by atoms with Crippen molar-refractivity contribution in [3.05, 3.63) is 35.2 Å². The van der Waals surface area contributed by atoms with Crippen LogP contribution in [0.5, 0.6) is 0 Å². The van der Waals surface area contributed by atoms with E-state index >= 15 is 0 Å². The minimum atomic E-state index is -0.176. The summed E-state index contributed by atoms with van der Waals surface area (Å²) in [5.74, 6) is 0.681. The number of amides is 1. The van der Waals surface area contributed by atoms with Gasteiger partial charge in [0.05, 0.1) is 19.3 Å². The number of aromatic nitrogens is 4. The van der Waals surface area contributed by atoms with Gasteiger partial charge in [0.25, 0.3) is 5.91 Å². The molecule has 0 fully saturated rings. The highest BCUT2D eigenvalue weighted by atomic mass is 16.5. The van der Waals surface area contributed by atoms with E-state index in [0.717, 1.165) is 36.3 Å². The van der Waals surface area contributed by atoms with E-state index in [0.29, 0.717) is 18.9 Å². The van der Waals surface area contributed by atoms with Crippen molar-refractivity contribution in [2.75, 3.05) is 6.61 Å². The van der Waals surface area contributed by atoms with Gasteiger partial charge >= 0.3 is 0 Å². The van der Waals surface area contributed by atoms with Gasteiger partial charge in [-0.25, -0.2) is 4.98 Å². The number of nitrogens with one attached hydrogen (secondary N) is 2. The third kappa shape index (κ3) is 2.76. The van der Waals surface area contributed by atoms with Crippen LogP contribution >= 0.6 is 0 Å². The molecule has 3 heterocycles. The minimum absolute atomic E-state index is 0.116. The highest BCUT2D eigenvalue weighted by molar-refractivity contribution is 5.94. The molecule has 2 aromatic heterocycles. The lowest BCUT2D eigenvalue weighted by Gasteiger charge is -2.18. The predicted molar refractivity (Wildman–Crippen MR) is 80.3 cm³/mol. The summed E-state index contributed by atoms with van der Waals surface area (Å²) < 4.78 is 7.37. The van der Waals surface area contributed by atoms with Gasteiger partial charge in [0, 0.05) is 37.1 Å². The van der Waals surface area contributed by atoms with Crippen molar-refractivity contribution < 1.29 is 9.53 Å². The van der Waals surface area contributed by atoms with Crippen LogP contribution in [0.2, 0.25) is 0 Å². The molecule has 0 unspecified atom stereocenters. The van der Waals surface area contributed by atoms with E-state index in [-0.39, 0.29) is 11.9 Å². The molecular formula is C15H21N5O2. The summed E-state index contributed by atoms with van der Waals surface area (Å²) in [6.07, 6.45) is 6.19. The second kappa shape index (κ2) is 6.31. The summed E-state index contributed by atoms with van der Waals surface area (Å²) in [4.78, 5) is 16.9. The van der Waals surface area contributed by atoms with E-state index in [2.05, 4.69) is 27.4 Å². The fourth-order valence-electron chi connectivity index (χ4n) is 2.79. The molecule has 1 atom stereocenters. The Morgan fingerprint density at radius 3 is 3.18 bits per heavy atom. The van der Waals surface area contributed by atoms with E-state index in [9.17, 15) is 4.79 Å². The average Bonchev–Trinajstić information content (AvgIpc) is 3.12. The van der Waals surface area contributed by atoms with E-state index < -0.39 is 0 Å². The third-order valence-electron chi connectivity index (χ3n) is 3.96. The Morgan fingerprint density at radius 2 is 2.45 bits per heavy atom. The zero-order valence-electron chi connectivity index (χ0n) is 12.9. The van der Waals surface area contributed by atoms with Gasteiger partial charge in [0.15, 0.2) is 5.69 Å². The summed E-state index contributed by atoms with van der Waals surface area (Å²) in [5, 5.41) is 10.2. The molecule has 1 aliphatic heterocycles. The Morgan fingerprint density at radius 1 is 1.59 bits per heavy atom. The van der Waals surface area contributed by atoms with Gasteiger partial charge in [-0.05, 0) is 6.42 Å². The first-order chi connectivity index (χ1) is 10.7. The van der Waals surface area contributed by atoms with Crippen LogP contribution in [0.3, 0.4) is 0 Å². The SMILES string of the molecule is CCC[C@H](NC(=O)c1n[nH]c2c1COCC2)c1nccn1C. The van der Waals surface area contributed by atoms with Gasteiger partial charge in [0.1, 0.15) is 5.82 Å². The number of aromatic amines is 1. The van der Waals surface area contributed by atoms with Crippen molar-refractivity contribution in [2.24, 2.45) is 7.05 Å². The average molecular weight is 303 g/mol. The number of hydrogen-bond acceptors (Lipinski definition) is 4. The molecule has 0 radical (unpaired) electrons. The number of imidazole rings is 1. The monoisotopic (exact) mass is 303 g/mol. The number of carbonyl (C=O) groups excluding carboxylic acids is 1. The van der Waals surface area contributed by atoms with Crippen molar-refractivity contribution in [3.63, 3.8) is 0 Å².